The Morgan fingerprint density at radius 2 is 1.74 bits per heavy atom. The molecular weight excluding hydrogens is 385 g/mol. The third kappa shape index (κ3) is 6.06. The molecule has 1 aliphatic carbocycles. The molecule has 4 heteroatoms. The zero-order valence-corrected chi connectivity index (χ0v) is 18.0. The van der Waals surface area contributed by atoms with E-state index < -0.39 is 0 Å². The quantitative estimate of drug-likeness (QED) is 0.443. The fraction of sp³-hybridized carbons (Fsp3) is 0.370. The molecule has 0 saturated heterocycles. The van der Waals surface area contributed by atoms with Gasteiger partial charge in [-0.15, -0.1) is 0 Å². The van der Waals surface area contributed by atoms with E-state index in [-0.39, 0.29) is 5.82 Å². The Balaban J connectivity index is 1.50. The Morgan fingerprint density at radius 1 is 0.935 bits per heavy atom. The van der Waals surface area contributed by atoms with E-state index in [9.17, 15) is 9.65 Å². The summed E-state index contributed by atoms with van der Waals surface area (Å²) in [4.78, 5) is 2.53. The summed E-state index contributed by atoms with van der Waals surface area (Å²) in [5.41, 5.74) is 4.26. The summed E-state index contributed by atoms with van der Waals surface area (Å²) in [7, 11) is 0. The summed E-state index contributed by atoms with van der Waals surface area (Å²) >= 11 is 0. The van der Waals surface area contributed by atoms with Crippen LogP contribution in [-0.4, -0.2) is 16.0 Å². The van der Waals surface area contributed by atoms with Gasteiger partial charge in [-0.05, 0) is 66.3 Å². The molecule has 1 aliphatic rings. The smallest absolute Gasteiger partial charge is 0.123 e. The lowest BCUT2D eigenvalue weighted by Gasteiger charge is -2.30. The number of nitriles is 1. The molecule has 1 heterocycles. The summed E-state index contributed by atoms with van der Waals surface area (Å²) in [6.45, 7) is 3.53. The lowest BCUT2D eigenvalue weighted by Crippen LogP contribution is -2.30. The fourth-order valence-corrected chi connectivity index (χ4v) is 4.68. The molecule has 0 radical (unpaired) electrons. The zero-order chi connectivity index (χ0) is 21.5. The van der Waals surface area contributed by atoms with E-state index in [1.807, 2.05) is 30.3 Å². The van der Waals surface area contributed by atoms with Gasteiger partial charge in [0.15, 0.2) is 0 Å². The SMILES string of the molecule is N#Cc1cccc(CN(Cc2cccn2Cc2ccc(F)cc2)CC2CCCCC2)c1. The normalized spacial score (nSPS) is 14.6. The molecule has 160 valence electrons. The summed E-state index contributed by atoms with van der Waals surface area (Å²) in [5.74, 6) is 0.545. The number of halogens is 1. The molecule has 1 fully saturated rings. The average molecular weight is 416 g/mol. The third-order valence-electron chi connectivity index (χ3n) is 6.28. The van der Waals surface area contributed by atoms with Crippen molar-refractivity contribution in [2.45, 2.75) is 51.7 Å². The lowest BCUT2D eigenvalue weighted by molar-refractivity contribution is 0.183. The summed E-state index contributed by atoms with van der Waals surface area (Å²) in [6.07, 6.45) is 8.76. The molecule has 3 aromatic rings. The summed E-state index contributed by atoms with van der Waals surface area (Å²) < 4.78 is 15.5. The number of hydrogen-bond donors (Lipinski definition) is 0. The molecular formula is C27H30FN3. The highest BCUT2D eigenvalue weighted by molar-refractivity contribution is 5.32. The summed E-state index contributed by atoms with van der Waals surface area (Å²) in [6, 6.07) is 21.3. The first-order valence-electron chi connectivity index (χ1n) is 11.3. The Labute approximate surface area is 184 Å². The van der Waals surface area contributed by atoms with E-state index in [2.05, 4.69) is 39.9 Å². The van der Waals surface area contributed by atoms with Gasteiger partial charge in [0.25, 0.3) is 0 Å². The second-order valence-corrected chi connectivity index (χ2v) is 8.74. The number of rotatable bonds is 8. The molecule has 0 N–H and O–H groups in total. The van der Waals surface area contributed by atoms with E-state index in [0.29, 0.717) is 0 Å². The Morgan fingerprint density at radius 3 is 2.52 bits per heavy atom. The van der Waals surface area contributed by atoms with Crippen LogP contribution < -0.4 is 0 Å². The van der Waals surface area contributed by atoms with Gasteiger partial charge in [-0.1, -0.05) is 43.5 Å². The van der Waals surface area contributed by atoms with E-state index in [4.69, 9.17) is 0 Å². The van der Waals surface area contributed by atoms with Gasteiger partial charge in [0.05, 0.1) is 11.6 Å². The molecule has 0 atom stereocenters. The van der Waals surface area contributed by atoms with Gasteiger partial charge in [-0.2, -0.15) is 5.26 Å². The Kier molecular flexibility index (Phi) is 7.17. The van der Waals surface area contributed by atoms with Crippen LogP contribution in [0.4, 0.5) is 4.39 Å². The second-order valence-electron chi connectivity index (χ2n) is 8.74. The van der Waals surface area contributed by atoms with Crippen LogP contribution in [-0.2, 0) is 19.6 Å². The molecule has 1 saturated carbocycles. The monoisotopic (exact) mass is 415 g/mol. The predicted octanol–water partition coefficient (Wildman–Crippen LogP) is 6.13. The van der Waals surface area contributed by atoms with E-state index >= 15 is 0 Å². The van der Waals surface area contributed by atoms with Gasteiger partial charge in [0.1, 0.15) is 5.82 Å². The van der Waals surface area contributed by atoms with E-state index in [0.717, 1.165) is 43.2 Å². The van der Waals surface area contributed by atoms with Gasteiger partial charge in [-0.3, -0.25) is 4.90 Å². The third-order valence-corrected chi connectivity index (χ3v) is 6.28. The van der Waals surface area contributed by atoms with Crippen molar-refractivity contribution in [1.29, 1.82) is 5.26 Å². The highest BCUT2D eigenvalue weighted by Crippen LogP contribution is 2.26. The van der Waals surface area contributed by atoms with Crippen LogP contribution in [0.15, 0.2) is 66.9 Å². The molecule has 3 nitrogen and oxygen atoms in total. The minimum atomic E-state index is -0.199. The maximum absolute atomic E-state index is 13.3. The van der Waals surface area contributed by atoms with Crippen LogP contribution in [0.2, 0.25) is 0 Å². The molecule has 0 spiro atoms. The Hall–Kier alpha value is -2.90. The van der Waals surface area contributed by atoms with Crippen molar-refractivity contribution >= 4 is 0 Å². The van der Waals surface area contributed by atoms with Gasteiger partial charge in [0, 0.05) is 38.1 Å². The fourth-order valence-electron chi connectivity index (χ4n) is 4.68. The first kappa shape index (κ1) is 21.3. The van der Waals surface area contributed by atoms with Crippen LogP contribution in [0.25, 0.3) is 0 Å². The number of nitrogens with zero attached hydrogens (tertiary/aromatic N) is 3. The standard InChI is InChI=1S/C27H30FN3/c28-26-13-11-23(12-14-26)20-31-15-5-10-27(31)21-30(18-22-6-2-1-3-7-22)19-25-9-4-8-24(16-25)17-29/h4-5,8-16,22H,1-3,6-7,18-21H2. The molecule has 0 aliphatic heterocycles. The van der Waals surface area contributed by atoms with Gasteiger partial charge in [0.2, 0.25) is 0 Å². The first-order chi connectivity index (χ1) is 15.2. The molecule has 0 bridgehead atoms. The average Bonchev–Trinajstić information content (AvgIpc) is 3.22. The van der Waals surface area contributed by atoms with Crippen molar-refractivity contribution in [1.82, 2.24) is 9.47 Å². The molecule has 4 rings (SSSR count). The predicted molar refractivity (Wildman–Crippen MR) is 122 cm³/mol. The Bertz CT molecular complexity index is 1010. The molecule has 31 heavy (non-hydrogen) atoms. The van der Waals surface area contributed by atoms with Crippen LogP contribution >= 0.6 is 0 Å². The number of hydrogen-bond acceptors (Lipinski definition) is 2. The lowest BCUT2D eigenvalue weighted by atomic mass is 9.89. The highest BCUT2D eigenvalue weighted by Gasteiger charge is 2.19. The molecule has 0 unspecified atom stereocenters. The molecule has 1 aromatic heterocycles. The van der Waals surface area contributed by atoms with Crippen molar-refractivity contribution in [3.63, 3.8) is 0 Å². The van der Waals surface area contributed by atoms with Crippen molar-refractivity contribution in [3.05, 3.63) is 95.1 Å². The van der Waals surface area contributed by atoms with E-state index in [1.165, 1.54) is 55.5 Å². The second kappa shape index (κ2) is 10.4. The van der Waals surface area contributed by atoms with Crippen molar-refractivity contribution in [2.24, 2.45) is 5.92 Å². The number of aromatic nitrogens is 1. The van der Waals surface area contributed by atoms with Crippen LogP contribution in [0.5, 0.6) is 0 Å². The topological polar surface area (TPSA) is 32.0 Å². The minimum absolute atomic E-state index is 0.199. The van der Waals surface area contributed by atoms with Crippen molar-refractivity contribution in [3.8, 4) is 6.07 Å². The maximum atomic E-state index is 13.3. The highest BCUT2D eigenvalue weighted by atomic mass is 19.1. The van der Waals surface area contributed by atoms with Gasteiger partial charge in [-0.25, -0.2) is 4.39 Å². The van der Waals surface area contributed by atoms with Crippen LogP contribution in [0, 0.1) is 23.1 Å². The zero-order valence-electron chi connectivity index (χ0n) is 18.0. The maximum Gasteiger partial charge on any atom is 0.123 e. The molecule has 2 aromatic carbocycles. The van der Waals surface area contributed by atoms with Crippen LogP contribution in [0.3, 0.4) is 0 Å². The van der Waals surface area contributed by atoms with Crippen LogP contribution in [0.1, 0.15) is 54.5 Å². The first-order valence-corrected chi connectivity index (χ1v) is 11.3. The van der Waals surface area contributed by atoms with E-state index in [1.54, 1.807) is 0 Å². The van der Waals surface area contributed by atoms with Gasteiger partial charge < -0.3 is 4.57 Å². The number of benzene rings is 2. The van der Waals surface area contributed by atoms with Crippen molar-refractivity contribution < 1.29 is 4.39 Å². The summed E-state index contributed by atoms with van der Waals surface area (Å²) in [5, 5.41) is 9.27. The molecule has 0 amide bonds. The largest absolute Gasteiger partial charge is 0.346 e. The minimum Gasteiger partial charge on any atom is -0.346 e. The van der Waals surface area contributed by atoms with Gasteiger partial charge >= 0.3 is 0 Å². The van der Waals surface area contributed by atoms with Crippen molar-refractivity contribution in [2.75, 3.05) is 6.54 Å².